The smallest absolute Gasteiger partial charge is 0.379 e. The third-order valence-corrected chi connectivity index (χ3v) is 3.66. The van der Waals surface area contributed by atoms with Crippen molar-refractivity contribution in [3.63, 3.8) is 0 Å². The van der Waals surface area contributed by atoms with Crippen molar-refractivity contribution in [2.24, 2.45) is 0 Å². The van der Waals surface area contributed by atoms with Gasteiger partial charge in [0.25, 0.3) is 0 Å². The van der Waals surface area contributed by atoms with Crippen molar-refractivity contribution in [3.8, 4) is 5.75 Å². The van der Waals surface area contributed by atoms with Crippen LogP contribution >= 0.6 is 0 Å². The number of fused-ring (bicyclic) bond motifs is 1. The monoisotopic (exact) mass is 275 g/mol. The van der Waals surface area contributed by atoms with Gasteiger partial charge < -0.3 is 19.2 Å². The van der Waals surface area contributed by atoms with Crippen molar-refractivity contribution in [1.29, 1.82) is 0 Å². The zero-order valence-corrected chi connectivity index (χ0v) is 11.6. The van der Waals surface area contributed by atoms with Crippen LogP contribution in [0, 0.1) is 6.92 Å². The Hall–Kier alpha value is -1.85. The van der Waals surface area contributed by atoms with E-state index in [1.807, 2.05) is 19.1 Å². The molecule has 20 heavy (non-hydrogen) atoms. The second-order valence-corrected chi connectivity index (χ2v) is 4.86. The molecule has 3 rings (SSSR count). The van der Waals surface area contributed by atoms with Crippen LogP contribution in [0.1, 0.15) is 17.2 Å². The second kappa shape index (κ2) is 5.26. The van der Waals surface area contributed by atoms with Gasteiger partial charge in [-0.15, -0.1) is 0 Å². The highest BCUT2D eigenvalue weighted by atomic mass is 16.5. The van der Waals surface area contributed by atoms with Crippen molar-refractivity contribution >= 4 is 11.0 Å². The number of hydrogen-bond donors (Lipinski definition) is 1. The van der Waals surface area contributed by atoms with Crippen LogP contribution in [0.5, 0.6) is 5.75 Å². The van der Waals surface area contributed by atoms with E-state index in [1.54, 1.807) is 6.07 Å². The fourth-order valence-electron chi connectivity index (χ4n) is 2.58. The molecule has 0 saturated carbocycles. The van der Waals surface area contributed by atoms with E-state index in [1.165, 1.54) is 7.11 Å². The average molecular weight is 275 g/mol. The van der Waals surface area contributed by atoms with Crippen LogP contribution < -0.4 is 15.7 Å². The summed E-state index contributed by atoms with van der Waals surface area (Å²) < 4.78 is 16.1. The third kappa shape index (κ3) is 2.19. The maximum atomic E-state index is 11.8. The number of methoxy groups -OCH3 is 1. The van der Waals surface area contributed by atoms with Crippen LogP contribution in [0.25, 0.3) is 11.0 Å². The molecular weight excluding hydrogens is 258 g/mol. The van der Waals surface area contributed by atoms with Crippen LogP contribution in [0.15, 0.2) is 27.4 Å². The van der Waals surface area contributed by atoms with Crippen molar-refractivity contribution in [3.05, 3.63) is 39.7 Å². The fourth-order valence-corrected chi connectivity index (χ4v) is 2.58. The first-order valence-corrected chi connectivity index (χ1v) is 6.64. The summed E-state index contributed by atoms with van der Waals surface area (Å²) in [6.45, 7) is 4.28. The Balaban J connectivity index is 2.12. The molecule has 0 radical (unpaired) electrons. The predicted molar refractivity (Wildman–Crippen MR) is 75.3 cm³/mol. The number of ether oxygens (including phenoxy) is 2. The zero-order chi connectivity index (χ0) is 14.1. The van der Waals surface area contributed by atoms with Gasteiger partial charge in [-0.3, -0.25) is 0 Å². The molecule has 1 aromatic carbocycles. The van der Waals surface area contributed by atoms with Crippen molar-refractivity contribution in [2.45, 2.75) is 13.0 Å². The topological polar surface area (TPSA) is 60.7 Å². The van der Waals surface area contributed by atoms with Gasteiger partial charge in [-0.25, -0.2) is 4.79 Å². The van der Waals surface area contributed by atoms with Gasteiger partial charge in [0.05, 0.1) is 19.8 Å². The lowest BCUT2D eigenvalue weighted by molar-refractivity contribution is 0.0273. The minimum absolute atomic E-state index is 0.000513. The van der Waals surface area contributed by atoms with Gasteiger partial charge in [0.1, 0.15) is 5.58 Å². The van der Waals surface area contributed by atoms with Gasteiger partial charge in [0.15, 0.2) is 0 Å². The first kappa shape index (κ1) is 13.1. The number of hydrogen-bond acceptors (Lipinski definition) is 5. The van der Waals surface area contributed by atoms with Crippen LogP contribution in [-0.4, -0.2) is 26.8 Å². The van der Waals surface area contributed by atoms with E-state index in [0.29, 0.717) is 12.2 Å². The summed E-state index contributed by atoms with van der Waals surface area (Å²) >= 11 is 0. The zero-order valence-electron chi connectivity index (χ0n) is 11.6. The molecule has 1 N–H and O–H groups in total. The maximum Gasteiger partial charge on any atom is 0.379 e. The molecule has 5 heteroatoms. The molecule has 5 nitrogen and oxygen atoms in total. The van der Waals surface area contributed by atoms with Crippen LogP contribution in [0.3, 0.4) is 0 Å². The summed E-state index contributed by atoms with van der Waals surface area (Å²) in [5.41, 5.74) is 2.14. The summed E-state index contributed by atoms with van der Waals surface area (Å²) in [4.78, 5) is 11.8. The van der Waals surface area contributed by atoms with Gasteiger partial charge in [0, 0.05) is 18.5 Å². The molecule has 0 bridgehead atoms. The summed E-state index contributed by atoms with van der Waals surface area (Å²) in [6, 6.07) is 5.66. The fraction of sp³-hybridized carbons (Fsp3) is 0.400. The van der Waals surface area contributed by atoms with E-state index in [9.17, 15) is 4.79 Å². The van der Waals surface area contributed by atoms with Gasteiger partial charge in [0.2, 0.25) is 5.75 Å². The second-order valence-electron chi connectivity index (χ2n) is 4.86. The molecular formula is C15H17NO4. The van der Waals surface area contributed by atoms with Crippen molar-refractivity contribution in [2.75, 3.05) is 26.8 Å². The van der Waals surface area contributed by atoms with E-state index in [0.717, 1.165) is 29.6 Å². The van der Waals surface area contributed by atoms with Gasteiger partial charge >= 0.3 is 5.63 Å². The van der Waals surface area contributed by atoms with E-state index < -0.39 is 5.63 Å². The third-order valence-electron chi connectivity index (χ3n) is 3.66. The van der Waals surface area contributed by atoms with Crippen LogP contribution in [-0.2, 0) is 4.74 Å². The minimum atomic E-state index is -0.456. The summed E-state index contributed by atoms with van der Waals surface area (Å²) in [5.74, 6) is 0.222. The molecule has 0 amide bonds. The number of nitrogens with one attached hydrogen (secondary N) is 1. The van der Waals surface area contributed by atoms with E-state index >= 15 is 0 Å². The molecule has 1 atom stereocenters. The SMILES string of the molecule is COc1cc2ccc(C3CNCCO3)c(C)c2oc1=O. The number of benzene rings is 1. The van der Waals surface area contributed by atoms with E-state index in [4.69, 9.17) is 13.9 Å². The quantitative estimate of drug-likeness (QED) is 0.846. The first-order valence-electron chi connectivity index (χ1n) is 6.64. The number of aryl methyl sites for hydroxylation is 1. The molecule has 0 spiro atoms. The highest BCUT2D eigenvalue weighted by Crippen LogP contribution is 2.29. The summed E-state index contributed by atoms with van der Waals surface area (Å²) in [7, 11) is 1.46. The summed E-state index contributed by atoms with van der Waals surface area (Å²) in [5, 5.41) is 4.15. The Kier molecular flexibility index (Phi) is 3.46. The Labute approximate surface area is 116 Å². The largest absolute Gasteiger partial charge is 0.490 e. The predicted octanol–water partition coefficient (Wildman–Crippen LogP) is 1.77. The van der Waals surface area contributed by atoms with E-state index in [2.05, 4.69) is 5.32 Å². The van der Waals surface area contributed by atoms with Gasteiger partial charge in [-0.2, -0.15) is 0 Å². The Bertz CT molecular complexity index is 686. The van der Waals surface area contributed by atoms with Crippen molar-refractivity contribution in [1.82, 2.24) is 5.32 Å². The molecule has 106 valence electrons. The lowest BCUT2D eigenvalue weighted by Gasteiger charge is -2.25. The summed E-state index contributed by atoms with van der Waals surface area (Å²) in [6.07, 6.45) is 0.000513. The number of rotatable bonds is 2. The lowest BCUT2D eigenvalue weighted by atomic mass is 10.00. The molecule has 1 aliphatic rings. The normalized spacial score (nSPS) is 19.2. The van der Waals surface area contributed by atoms with Gasteiger partial charge in [-0.1, -0.05) is 12.1 Å². The van der Waals surface area contributed by atoms with Crippen LogP contribution in [0.2, 0.25) is 0 Å². The molecule has 1 aliphatic heterocycles. The number of morpholine rings is 1. The highest BCUT2D eigenvalue weighted by Gasteiger charge is 2.20. The van der Waals surface area contributed by atoms with Crippen molar-refractivity contribution < 1.29 is 13.9 Å². The average Bonchev–Trinajstić information content (AvgIpc) is 2.48. The Morgan fingerprint density at radius 2 is 2.25 bits per heavy atom. The van der Waals surface area contributed by atoms with Crippen LogP contribution in [0.4, 0.5) is 0 Å². The van der Waals surface area contributed by atoms with E-state index in [-0.39, 0.29) is 11.9 Å². The Morgan fingerprint density at radius 1 is 1.40 bits per heavy atom. The Morgan fingerprint density at radius 3 is 2.95 bits per heavy atom. The molecule has 1 saturated heterocycles. The highest BCUT2D eigenvalue weighted by molar-refractivity contribution is 5.82. The molecule has 0 aliphatic carbocycles. The molecule has 2 aromatic rings. The molecule has 2 heterocycles. The first-order chi connectivity index (χ1) is 9.70. The maximum absolute atomic E-state index is 11.8. The van der Waals surface area contributed by atoms with Gasteiger partial charge in [-0.05, 0) is 24.1 Å². The molecule has 1 aromatic heterocycles. The minimum Gasteiger partial charge on any atom is -0.490 e. The molecule has 1 fully saturated rings. The molecule has 1 unspecified atom stereocenters. The standard InChI is InChI=1S/C15H17NO4/c1-9-11(13-8-16-5-6-19-13)4-3-10-7-12(18-2)15(17)20-14(9)10/h3-4,7,13,16H,5-6,8H2,1-2H3. The lowest BCUT2D eigenvalue weighted by Crippen LogP contribution is -2.33.